The lowest BCUT2D eigenvalue weighted by Gasteiger charge is -2.20. The predicted octanol–water partition coefficient (Wildman–Crippen LogP) is 18.8. The van der Waals surface area contributed by atoms with Crippen LogP contribution in [-0.4, -0.2) is 115 Å². The first-order valence-electron chi connectivity index (χ1n) is 37.6. The number of nitrogens with zero attached hydrogens (tertiary/aromatic N) is 22. The molecule has 13 N–H and O–H groups in total. The van der Waals surface area contributed by atoms with Crippen LogP contribution in [0.1, 0.15) is 74.1 Å². The number of fused-ring (bicyclic) bond motifs is 4. The maximum atomic E-state index is 14.1. The Kier molecular flexibility index (Phi) is 25.2. The molecule has 0 fully saturated rings. The number of aromatic hydroxyl groups is 1. The molecule has 124 heavy (non-hydrogen) atoms. The molecule has 4 atom stereocenters. The van der Waals surface area contributed by atoms with Crippen molar-refractivity contribution in [3.05, 3.63) is 296 Å². The summed E-state index contributed by atoms with van der Waals surface area (Å²) < 4.78 is 25.6. The van der Waals surface area contributed by atoms with Gasteiger partial charge in [0.1, 0.15) is 71.1 Å². The molecule has 0 saturated carbocycles. The van der Waals surface area contributed by atoms with Gasteiger partial charge in [0.15, 0.2) is 60.6 Å². The minimum atomic E-state index is -0.767. The van der Waals surface area contributed by atoms with Crippen LogP contribution in [-0.2, 0) is 0 Å². The molecule has 0 aliphatic heterocycles. The molecule has 0 bridgehead atoms. The highest BCUT2D eigenvalue weighted by Gasteiger charge is 2.27. The minimum absolute atomic E-state index is 0.119. The number of ether oxygens (including phenoxy) is 1. The van der Waals surface area contributed by atoms with E-state index in [2.05, 4.69) is 96.0 Å². The molecule has 0 saturated heterocycles. The first-order valence-corrected chi connectivity index (χ1v) is 39.8. The summed E-state index contributed by atoms with van der Waals surface area (Å²) in [6, 6.07) is 51.2. The molecule has 0 amide bonds. The fourth-order valence-electron chi connectivity index (χ4n) is 13.4. The number of anilines is 8. The molecule has 5 aromatic carbocycles. The van der Waals surface area contributed by atoms with Gasteiger partial charge in [-0.15, -0.1) is 0 Å². The van der Waals surface area contributed by atoms with Gasteiger partial charge in [0.2, 0.25) is 5.88 Å². The van der Waals surface area contributed by atoms with Gasteiger partial charge in [0, 0.05) is 67.4 Å². The number of methoxy groups -OCH3 is 1. The number of halogens is 7. The topological polar surface area (TPSA) is 423 Å². The van der Waals surface area contributed by atoms with Gasteiger partial charge in [-0.3, -0.25) is 0 Å². The summed E-state index contributed by atoms with van der Waals surface area (Å²) in [5.41, 5.74) is 39.0. The lowest BCUT2D eigenvalue weighted by Crippen LogP contribution is -2.13. The molecular weight excluding hydrogens is 1700 g/mol. The van der Waals surface area contributed by atoms with Crippen LogP contribution in [0.2, 0.25) is 30.7 Å². The van der Waals surface area contributed by atoms with Crippen molar-refractivity contribution >= 4 is 144 Å². The molecule has 0 spiro atoms. The zero-order valence-electron chi connectivity index (χ0n) is 65.8. The molecule has 0 unspecified atom stereocenters. The molecule has 13 heterocycles. The second kappa shape index (κ2) is 37.1. The molecular formula is C85H69Cl6FN30O2. The third kappa shape index (κ3) is 18.1. The number of imidazole rings is 4. The number of pyridine rings is 1. The van der Waals surface area contributed by atoms with Crippen LogP contribution < -0.4 is 48.9 Å². The number of phenolic OH excluding ortho intramolecular Hbond substituents is 1. The number of nitrogens with two attached hydrogens (primary N) is 4. The largest absolute Gasteiger partial charge is 0.505 e. The summed E-state index contributed by atoms with van der Waals surface area (Å²) in [4.78, 5) is 58.2. The number of aromatic nitrogens is 21. The van der Waals surface area contributed by atoms with E-state index < -0.39 is 11.6 Å². The van der Waals surface area contributed by atoms with Gasteiger partial charge >= 0.3 is 0 Å². The van der Waals surface area contributed by atoms with Crippen molar-refractivity contribution in [1.29, 1.82) is 0 Å². The molecule has 0 aliphatic rings. The maximum absolute atomic E-state index is 14.1. The molecule has 18 aromatic rings. The van der Waals surface area contributed by atoms with Gasteiger partial charge in [0.05, 0.1) is 96.5 Å². The Morgan fingerprint density at radius 1 is 0.379 bits per heavy atom. The third-order valence-corrected chi connectivity index (χ3v) is 21.1. The lowest BCUT2D eigenvalue weighted by atomic mass is 10.0. The summed E-state index contributed by atoms with van der Waals surface area (Å²) in [5, 5.41) is 44.4. The lowest BCUT2D eigenvalue weighted by molar-refractivity contribution is 0.398. The van der Waals surface area contributed by atoms with E-state index in [1.165, 1.54) is 43.6 Å². The van der Waals surface area contributed by atoms with Gasteiger partial charge in [-0.25, -0.2) is 92.1 Å². The molecule has 18 rings (SSSR count). The van der Waals surface area contributed by atoms with Crippen LogP contribution in [0.4, 0.5) is 56.6 Å². The number of nitrogens with one attached hydrogen (secondary N) is 4. The van der Waals surface area contributed by atoms with E-state index in [9.17, 15) is 9.50 Å². The van der Waals surface area contributed by atoms with Crippen molar-refractivity contribution in [2.24, 2.45) is 0 Å². The van der Waals surface area contributed by atoms with Crippen molar-refractivity contribution in [3.8, 4) is 78.9 Å². The fourth-order valence-corrected chi connectivity index (χ4v) is 14.4. The van der Waals surface area contributed by atoms with Crippen molar-refractivity contribution in [3.63, 3.8) is 0 Å². The van der Waals surface area contributed by atoms with Crippen molar-refractivity contribution in [1.82, 2.24) is 103 Å². The Bertz CT molecular complexity index is 6990. The second-order valence-electron chi connectivity index (χ2n) is 27.5. The molecule has 39 heteroatoms. The quantitative estimate of drug-likeness (QED) is 0.0340. The Morgan fingerprint density at radius 3 is 1.14 bits per heavy atom. The number of hydrogen-bond acceptors (Lipinski definition) is 27. The highest BCUT2D eigenvalue weighted by molar-refractivity contribution is 6.35. The van der Waals surface area contributed by atoms with E-state index in [-0.39, 0.29) is 52.3 Å². The van der Waals surface area contributed by atoms with Crippen LogP contribution >= 0.6 is 69.6 Å². The summed E-state index contributed by atoms with van der Waals surface area (Å²) in [5.74, 6) is 1.93. The zero-order valence-corrected chi connectivity index (χ0v) is 70.4. The van der Waals surface area contributed by atoms with Crippen LogP contribution in [0.5, 0.6) is 11.6 Å². The highest BCUT2D eigenvalue weighted by Crippen LogP contribution is 2.41. The SMILES string of the molecule is COc1ccc(-c2c(N)ncnc2N[C@@H](C)c2cc3ncc(Cl)n3nc2-c2ccccc2)cn1.C[C@H](Nc1ncnc(N)c1-c1ccc(O)c(F)c1)c1cc2ncc(Cl)n2nc1-c1ccccc1.C[C@H](Nc1ncnc(N)c1Cl)c1cc2ncc(Cl)n2nc1-c1ccccc1.[C-]#[N+]c1c(N)ncnc1N[C@@H](C)c1cc2ncc(Cl)n2nc1-c1cccc(Cl)c1. The van der Waals surface area contributed by atoms with Crippen molar-refractivity contribution in [2.45, 2.75) is 51.9 Å². The van der Waals surface area contributed by atoms with Gasteiger partial charge in [0.25, 0.3) is 5.69 Å². The van der Waals surface area contributed by atoms with E-state index in [4.69, 9.17) is 119 Å². The van der Waals surface area contributed by atoms with Crippen LogP contribution in [0.3, 0.4) is 0 Å². The molecule has 0 aliphatic carbocycles. The molecule has 32 nitrogen and oxygen atoms in total. The first kappa shape index (κ1) is 84.2. The average Bonchev–Trinajstić information content (AvgIpc) is 1.56. The van der Waals surface area contributed by atoms with Gasteiger partial charge < -0.3 is 54.0 Å². The van der Waals surface area contributed by atoms with Crippen LogP contribution in [0.25, 0.3) is 94.7 Å². The van der Waals surface area contributed by atoms with E-state index in [1.54, 1.807) is 68.2 Å². The Balaban J connectivity index is 0.000000129. The fraction of sp³-hybridized carbons (Fsp3) is 0.106. The van der Waals surface area contributed by atoms with E-state index in [1.807, 2.05) is 167 Å². The van der Waals surface area contributed by atoms with Gasteiger partial charge in [-0.2, -0.15) is 20.4 Å². The second-order valence-corrected chi connectivity index (χ2v) is 29.8. The van der Waals surface area contributed by atoms with E-state index in [0.29, 0.717) is 111 Å². The van der Waals surface area contributed by atoms with Gasteiger partial charge in [-0.1, -0.05) is 179 Å². The monoisotopic (exact) mass is 1770 g/mol. The standard InChI is InChI=1S/C24H19ClFN7O.C24H21ClN8O.C19H14Cl2N8.C18H15Cl2N7/c1-13(31-24-21(23(27)29-12-30-24)15-7-8-18(34)17(26)9-15)16-10-20-28-11-19(25)33(20)32-22(16)14-5-3-2-4-6-14;1-14(31-24-21(23(26)29-13-30-24)16-8-9-20(34-2)28-11-16)17-10-19-27-12-18(25)33(19)32-22(17)15-6-4-3-5-7-15;1-10(27-19-17(23-2)18(22)25-9-26-19)13-7-15-24-8-14(21)29(15)28-16(13)11-4-3-5-12(20)6-11;1-10(25-18-15(20)17(21)23-9-24-18)12-7-14-22-8-13(19)27(14)26-16(12)11-5-3-2-4-6-11/h2-13,34H,1H3,(H3,27,29,30,31);3-14H,1-2H3,(H3,26,29,30,31);3-10H,1H3,(H3,22,25,26,27);2-10H,1H3,(H3,21,23,24,25)/t13-;14-;2*10-/m0000/s1. The van der Waals surface area contributed by atoms with E-state index in [0.717, 1.165) is 61.5 Å². The predicted molar refractivity (Wildman–Crippen MR) is 481 cm³/mol. The summed E-state index contributed by atoms with van der Waals surface area (Å²) in [6.45, 7) is 15.2. The number of phenols is 1. The molecule has 0 radical (unpaired) electrons. The summed E-state index contributed by atoms with van der Waals surface area (Å²) in [6.07, 6.45) is 13.4. The van der Waals surface area contributed by atoms with Crippen LogP contribution in [0, 0.1) is 12.4 Å². The number of rotatable bonds is 19. The normalized spacial score (nSPS) is 12.1. The summed E-state index contributed by atoms with van der Waals surface area (Å²) in [7, 11) is 1.57. The highest BCUT2D eigenvalue weighted by atomic mass is 35.5. The van der Waals surface area contributed by atoms with Crippen molar-refractivity contribution < 1.29 is 14.2 Å². The first-order chi connectivity index (χ1) is 60.0. The number of benzene rings is 5. The number of nitrogen functional groups attached to an aromatic ring is 4. The van der Waals surface area contributed by atoms with Crippen LogP contribution in [0.15, 0.2) is 226 Å². The Labute approximate surface area is 735 Å². The third-order valence-electron chi connectivity index (χ3n) is 19.4. The Morgan fingerprint density at radius 2 is 0.742 bits per heavy atom. The van der Waals surface area contributed by atoms with Gasteiger partial charge in [-0.05, 0) is 87.9 Å². The molecule has 620 valence electrons. The zero-order chi connectivity index (χ0) is 87.0. The average molecular weight is 1770 g/mol. The van der Waals surface area contributed by atoms with Crippen molar-refractivity contribution in [2.75, 3.05) is 51.3 Å². The van der Waals surface area contributed by atoms with E-state index >= 15 is 0 Å². The smallest absolute Gasteiger partial charge is 0.268 e. The summed E-state index contributed by atoms with van der Waals surface area (Å²) >= 11 is 37.4. The Hall–Kier alpha value is -14.8. The molecule has 13 aromatic heterocycles. The minimum Gasteiger partial charge on any atom is -0.505 e. The number of hydrogen-bond donors (Lipinski definition) is 9. The maximum Gasteiger partial charge on any atom is 0.268 e.